The van der Waals surface area contributed by atoms with Crippen LogP contribution in [0.25, 0.3) is 0 Å². The number of rotatable bonds is 3. The lowest BCUT2D eigenvalue weighted by atomic mass is 10.2. The minimum Gasteiger partial charge on any atom is -0.459 e. The Hall–Kier alpha value is -0.650. The molecule has 2 atom stereocenters. The molecule has 0 spiro atoms. The molecule has 0 saturated carbocycles. The van der Waals surface area contributed by atoms with Crippen LogP contribution in [0, 0.1) is 0 Å². The average Bonchev–Trinajstić information content (AvgIpc) is 2.48. The molecule has 16 heavy (non-hydrogen) atoms. The van der Waals surface area contributed by atoms with Crippen LogP contribution >= 0.6 is 0 Å². The first-order valence-corrected chi connectivity index (χ1v) is 5.67. The van der Waals surface area contributed by atoms with Crippen molar-refractivity contribution in [3.63, 3.8) is 0 Å². The molecular formula is C11H22N2O3. The maximum atomic E-state index is 11.6. The number of nitrogens with two attached hydrogens (primary N) is 1. The molecular weight excluding hydrogens is 208 g/mol. The van der Waals surface area contributed by atoms with Gasteiger partial charge >= 0.3 is 5.97 Å². The molecule has 0 bridgehead atoms. The van der Waals surface area contributed by atoms with Gasteiger partial charge in [0.15, 0.2) is 0 Å². The van der Waals surface area contributed by atoms with Crippen molar-refractivity contribution < 1.29 is 14.6 Å². The Balaban J connectivity index is 2.34. The van der Waals surface area contributed by atoms with Crippen molar-refractivity contribution in [1.82, 2.24) is 4.90 Å². The van der Waals surface area contributed by atoms with Crippen molar-refractivity contribution in [2.24, 2.45) is 5.73 Å². The summed E-state index contributed by atoms with van der Waals surface area (Å²) in [6.45, 7) is 7.28. The van der Waals surface area contributed by atoms with Crippen LogP contribution in [0.4, 0.5) is 0 Å². The van der Waals surface area contributed by atoms with Gasteiger partial charge in [-0.05, 0) is 27.2 Å². The number of aliphatic hydroxyl groups is 1. The number of carbonyl (C=O) groups excluding carboxylic acids is 1. The molecule has 0 amide bonds. The Bertz CT molecular complexity index is 250. The summed E-state index contributed by atoms with van der Waals surface area (Å²) in [7, 11) is 0. The molecule has 1 saturated heterocycles. The van der Waals surface area contributed by atoms with Crippen molar-refractivity contribution in [2.75, 3.05) is 19.6 Å². The molecule has 1 rings (SSSR count). The topological polar surface area (TPSA) is 75.8 Å². The number of nitrogens with zero attached hydrogens (tertiary/aromatic N) is 1. The highest BCUT2D eigenvalue weighted by atomic mass is 16.6. The Morgan fingerprint density at radius 1 is 1.62 bits per heavy atom. The van der Waals surface area contributed by atoms with Crippen molar-refractivity contribution in [3.8, 4) is 0 Å². The molecule has 94 valence electrons. The molecule has 5 heteroatoms. The predicted octanol–water partition coefficient (Wildman–Crippen LogP) is -0.278. The molecule has 0 aromatic carbocycles. The van der Waals surface area contributed by atoms with Crippen LogP contribution in [-0.4, -0.2) is 53.4 Å². The van der Waals surface area contributed by atoms with E-state index in [9.17, 15) is 9.90 Å². The van der Waals surface area contributed by atoms with Gasteiger partial charge in [0.2, 0.25) is 0 Å². The van der Waals surface area contributed by atoms with Gasteiger partial charge in [-0.25, -0.2) is 0 Å². The Morgan fingerprint density at radius 2 is 2.25 bits per heavy atom. The van der Waals surface area contributed by atoms with E-state index >= 15 is 0 Å². The molecule has 0 aromatic heterocycles. The largest absolute Gasteiger partial charge is 0.459 e. The zero-order chi connectivity index (χ0) is 12.3. The standard InChI is InChI=1S/C11H22N2O3/c1-11(2,3)16-10(15)9(12)7-13-5-4-8(14)6-13/h8-9,14H,4-7,12H2,1-3H3. The molecule has 1 heterocycles. The number of β-amino-alcohol motifs (C(OH)–C–C–N with tert-alkyl or cyclic N) is 1. The number of hydrogen-bond acceptors (Lipinski definition) is 5. The van der Waals surface area contributed by atoms with Gasteiger partial charge in [0.05, 0.1) is 6.10 Å². The van der Waals surface area contributed by atoms with Crippen LogP contribution in [0.1, 0.15) is 27.2 Å². The quantitative estimate of drug-likeness (QED) is 0.652. The highest BCUT2D eigenvalue weighted by Gasteiger charge is 2.27. The average molecular weight is 230 g/mol. The lowest BCUT2D eigenvalue weighted by molar-refractivity contribution is -0.156. The van der Waals surface area contributed by atoms with Crippen LogP contribution in [0.3, 0.4) is 0 Å². The van der Waals surface area contributed by atoms with E-state index in [-0.39, 0.29) is 12.1 Å². The number of hydrogen-bond donors (Lipinski definition) is 2. The number of ether oxygens (including phenoxy) is 1. The van der Waals surface area contributed by atoms with Crippen molar-refractivity contribution >= 4 is 5.97 Å². The van der Waals surface area contributed by atoms with E-state index in [1.165, 1.54) is 0 Å². The summed E-state index contributed by atoms with van der Waals surface area (Å²) in [5.41, 5.74) is 5.25. The van der Waals surface area contributed by atoms with Gasteiger partial charge in [-0.15, -0.1) is 0 Å². The smallest absolute Gasteiger partial charge is 0.324 e. The normalized spacial score (nSPS) is 24.4. The third-order valence-electron chi connectivity index (χ3n) is 2.41. The van der Waals surface area contributed by atoms with E-state index in [0.717, 1.165) is 13.0 Å². The molecule has 2 unspecified atom stereocenters. The predicted molar refractivity (Wildman–Crippen MR) is 60.9 cm³/mol. The first-order chi connectivity index (χ1) is 7.28. The fourth-order valence-electron chi connectivity index (χ4n) is 1.71. The molecule has 0 aliphatic carbocycles. The van der Waals surface area contributed by atoms with Gasteiger partial charge < -0.3 is 15.6 Å². The van der Waals surface area contributed by atoms with Gasteiger partial charge in [0, 0.05) is 19.6 Å². The van der Waals surface area contributed by atoms with E-state index < -0.39 is 11.6 Å². The molecule has 3 N–H and O–H groups in total. The van der Waals surface area contributed by atoms with Gasteiger partial charge in [-0.3, -0.25) is 9.69 Å². The lowest BCUT2D eigenvalue weighted by Gasteiger charge is -2.24. The first-order valence-electron chi connectivity index (χ1n) is 5.67. The van der Waals surface area contributed by atoms with Crippen molar-refractivity contribution in [3.05, 3.63) is 0 Å². The Morgan fingerprint density at radius 3 is 2.69 bits per heavy atom. The van der Waals surface area contributed by atoms with Crippen molar-refractivity contribution in [1.29, 1.82) is 0 Å². The zero-order valence-electron chi connectivity index (χ0n) is 10.3. The zero-order valence-corrected chi connectivity index (χ0v) is 10.3. The second-order valence-electron chi connectivity index (χ2n) is 5.34. The summed E-state index contributed by atoms with van der Waals surface area (Å²) in [4.78, 5) is 13.6. The maximum Gasteiger partial charge on any atom is 0.324 e. The first kappa shape index (κ1) is 13.4. The number of esters is 1. The summed E-state index contributed by atoms with van der Waals surface area (Å²) >= 11 is 0. The van der Waals surface area contributed by atoms with Crippen LogP contribution in [-0.2, 0) is 9.53 Å². The third kappa shape index (κ3) is 4.47. The second-order valence-corrected chi connectivity index (χ2v) is 5.34. The van der Waals surface area contributed by atoms with E-state index in [1.54, 1.807) is 0 Å². The molecule has 1 aliphatic rings. The summed E-state index contributed by atoms with van der Waals surface area (Å²) in [6, 6.07) is -0.635. The van der Waals surface area contributed by atoms with E-state index in [2.05, 4.69) is 0 Å². The lowest BCUT2D eigenvalue weighted by Crippen LogP contribution is -2.45. The fraction of sp³-hybridized carbons (Fsp3) is 0.909. The number of aliphatic hydroxyl groups excluding tert-OH is 1. The SMILES string of the molecule is CC(C)(C)OC(=O)C(N)CN1CCC(O)C1. The summed E-state index contributed by atoms with van der Waals surface area (Å²) in [5.74, 6) is -0.381. The molecule has 1 fully saturated rings. The van der Waals surface area contributed by atoms with Gasteiger partial charge in [-0.2, -0.15) is 0 Å². The molecule has 1 aliphatic heterocycles. The maximum absolute atomic E-state index is 11.6. The highest BCUT2D eigenvalue weighted by Crippen LogP contribution is 2.11. The van der Waals surface area contributed by atoms with Crippen LogP contribution in [0.5, 0.6) is 0 Å². The van der Waals surface area contributed by atoms with E-state index in [4.69, 9.17) is 10.5 Å². The van der Waals surface area contributed by atoms with Crippen LogP contribution in [0.15, 0.2) is 0 Å². The number of carbonyl (C=O) groups is 1. The Kier molecular flexibility index (Phi) is 4.29. The minimum absolute atomic E-state index is 0.286. The summed E-state index contributed by atoms with van der Waals surface area (Å²) in [6.07, 6.45) is 0.465. The number of likely N-dealkylation sites (tertiary alicyclic amines) is 1. The van der Waals surface area contributed by atoms with Gasteiger partial charge in [0.1, 0.15) is 11.6 Å². The van der Waals surface area contributed by atoms with Crippen LogP contribution < -0.4 is 5.73 Å². The summed E-state index contributed by atoms with van der Waals surface area (Å²) < 4.78 is 5.18. The monoisotopic (exact) mass is 230 g/mol. The van der Waals surface area contributed by atoms with Gasteiger partial charge in [0.25, 0.3) is 0 Å². The molecule has 0 radical (unpaired) electrons. The fourth-order valence-corrected chi connectivity index (χ4v) is 1.71. The van der Waals surface area contributed by atoms with Gasteiger partial charge in [-0.1, -0.05) is 0 Å². The third-order valence-corrected chi connectivity index (χ3v) is 2.41. The summed E-state index contributed by atoms with van der Waals surface area (Å²) in [5, 5.41) is 9.34. The minimum atomic E-state index is -0.635. The highest BCUT2D eigenvalue weighted by molar-refractivity contribution is 5.76. The molecule has 0 aromatic rings. The van der Waals surface area contributed by atoms with E-state index in [0.29, 0.717) is 13.1 Å². The van der Waals surface area contributed by atoms with E-state index in [1.807, 2.05) is 25.7 Å². The molecule has 5 nitrogen and oxygen atoms in total. The van der Waals surface area contributed by atoms with Crippen LogP contribution in [0.2, 0.25) is 0 Å². The Labute approximate surface area is 96.6 Å². The van der Waals surface area contributed by atoms with Crippen molar-refractivity contribution in [2.45, 2.75) is 44.9 Å². The second kappa shape index (κ2) is 5.12.